The second kappa shape index (κ2) is 11.2. The van der Waals surface area contributed by atoms with Crippen molar-refractivity contribution in [2.24, 2.45) is 10.8 Å². The van der Waals surface area contributed by atoms with Gasteiger partial charge in [0.25, 0.3) is 0 Å². The molecule has 2 aliphatic heterocycles. The molecule has 0 N–H and O–H groups in total. The Labute approximate surface area is 226 Å². The maximum Gasteiger partial charge on any atom is 0.183 e. The van der Waals surface area contributed by atoms with Crippen LogP contribution in [0.4, 0.5) is 0 Å². The first-order valence-corrected chi connectivity index (χ1v) is 13.1. The zero-order valence-electron chi connectivity index (χ0n) is 22.5. The minimum absolute atomic E-state index is 0.0582. The smallest absolute Gasteiger partial charge is 0.183 e. The first-order valence-electron chi connectivity index (χ1n) is 13.1. The number of hydrogen-bond acceptors (Lipinski definition) is 4. The Morgan fingerprint density at radius 2 is 0.842 bits per heavy atom. The average Bonchev–Trinajstić information content (AvgIpc) is 2.92. The summed E-state index contributed by atoms with van der Waals surface area (Å²) in [7, 11) is 0. The molecule has 2 heterocycles. The fourth-order valence-electron chi connectivity index (χ4n) is 4.18. The van der Waals surface area contributed by atoms with E-state index in [0.717, 1.165) is 33.4 Å². The minimum atomic E-state index is -0.308. The van der Waals surface area contributed by atoms with Crippen molar-refractivity contribution >= 4 is 0 Å². The van der Waals surface area contributed by atoms with Crippen LogP contribution in [0.5, 0.6) is 0 Å². The first-order chi connectivity index (χ1) is 18.2. The van der Waals surface area contributed by atoms with Gasteiger partial charge in [0, 0.05) is 44.2 Å². The summed E-state index contributed by atoms with van der Waals surface area (Å²) in [6.07, 6.45) is -0.615. The van der Waals surface area contributed by atoms with Crippen LogP contribution in [-0.4, -0.2) is 26.4 Å². The molecule has 4 nitrogen and oxygen atoms in total. The summed E-state index contributed by atoms with van der Waals surface area (Å²) in [5.74, 6) is 13.0. The number of rotatable bonds is 2. The van der Waals surface area contributed by atoms with Crippen LogP contribution >= 0.6 is 0 Å². The Kier molecular flexibility index (Phi) is 7.70. The Morgan fingerprint density at radius 3 is 1.21 bits per heavy atom. The third-order valence-electron chi connectivity index (χ3n) is 6.43. The van der Waals surface area contributed by atoms with Crippen molar-refractivity contribution in [3.8, 4) is 23.7 Å². The molecule has 194 valence electrons. The van der Waals surface area contributed by atoms with E-state index in [2.05, 4.69) is 51.4 Å². The maximum atomic E-state index is 5.87. The van der Waals surface area contributed by atoms with Crippen LogP contribution in [0.15, 0.2) is 72.8 Å². The lowest BCUT2D eigenvalue weighted by atomic mass is 9.95. The van der Waals surface area contributed by atoms with Gasteiger partial charge in [-0.15, -0.1) is 0 Å². The highest BCUT2D eigenvalue weighted by atomic mass is 16.7. The molecule has 5 rings (SSSR count). The second-order valence-electron chi connectivity index (χ2n) is 11.6. The zero-order valence-corrected chi connectivity index (χ0v) is 22.5. The molecule has 0 radical (unpaired) electrons. The molecule has 0 spiro atoms. The van der Waals surface area contributed by atoms with Gasteiger partial charge in [-0.3, -0.25) is 0 Å². The van der Waals surface area contributed by atoms with E-state index in [1.807, 2.05) is 72.8 Å². The van der Waals surface area contributed by atoms with Crippen LogP contribution in [0.3, 0.4) is 0 Å². The van der Waals surface area contributed by atoms with Gasteiger partial charge in [0.05, 0.1) is 26.4 Å². The van der Waals surface area contributed by atoms with Gasteiger partial charge in [-0.25, -0.2) is 0 Å². The predicted molar refractivity (Wildman–Crippen MR) is 148 cm³/mol. The van der Waals surface area contributed by atoms with Crippen molar-refractivity contribution in [1.29, 1.82) is 0 Å². The molecule has 2 fully saturated rings. The highest BCUT2D eigenvalue weighted by Crippen LogP contribution is 2.32. The van der Waals surface area contributed by atoms with E-state index in [9.17, 15) is 0 Å². The van der Waals surface area contributed by atoms with Gasteiger partial charge >= 0.3 is 0 Å². The predicted octanol–water partition coefficient (Wildman–Crippen LogP) is 6.63. The van der Waals surface area contributed by atoms with Crippen LogP contribution in [0.1, 0.15) is 73.7 Å². The number of ether oxygens (including phenoxy) is 4. The average molecular weight is 507 g/mol. The standard InChI is InChI=1S/C34H34O4/c1-33(2)21-35-31(36-22-33)29-16-12-25(13-17-29)8-10-27-6-5-7-28(20-27)11-9-26-14-18-30(19-15-26)32-37-23-34(3,4)24-38-32/h5-7,12-20,31-32H,21-24H2,1-4H3. The maximum absolute atomic E-state index is 5.87. The lowest BCUT2D eigenvalue weighted by Gasteiger charge is -2.34. The van der Waals surface area contributed by atoms with E-state index in [1.165, 1.54) is 0 Å². The molecule has 3 aromatic carbocycles. The molecule has 0 aliphatic carbocycles. The van der Waals surface area contributed by atoms with Gasteiger partial charge in [-0.1, -0.05) is 81.7 Å². The molecule has 2 aliphatic rings. The second-order valence-corrected chi connectivity index (χ2v) is 11.6. The quantitative estimate of drug-likeness (QED) is 0.366. The molecule has 3 aromatic rings. The lowest BCUT2D eigenvalue weighted by Crippen LogP contribution is -2.33. The summed E-state index contributed by atoms with van der Waals surface area (Å²) in [5.41, 5.74) is 5.87. The van der Waals surface area contributed by atoms with Gasteiger partial charge in [0.15, 0.2) is 12.6 Å². The topological polar surface area (TPSA) is 36.9 Å². The summed E-state index contributed by atoms with van der Waals surface area (Å²) in [6, 6.07) is 24.1. The Hall–Kier alpha value is -3.38. The SMILES string of the molecule is CC1(C)COC(c2ccc(C#Cc3cccc(C#Cc4ccc(C5OCC(C)(C)CO5)cc4)c3)cc2)OC1. The van der Waals surface area contributed by atoms with E-state index in [4.69, 9.17) is 18.9 Å². The van der Waals surface area contributed by atoms with Crippen molar-refractivity contribution in [3.05, 3.63) is 106 Å². The zero-order chi connectivity index (χ0) is 26.6. The molecule has 0 atom stereocenters. The van der Waals surface area contributed by atoms with Crippen LogP contribution in [-0.2, 0) is 18.9 Å². The van der Waals surface area contributed by atoms with E-state index < -0.39 is 0 Å². The molecule has 0 unspecified atom stereocenters. The first kappa shape index (κ1) is 26.2. The summed E-state index contributed by atoms with van der Waals surface area (Å²) >= 11 is 0. The molecule has 0 amide bonds. The van der Waals surface area contributed by atoms with E-state index >= 15 is 0 Å². The minimum Gasteiger partial charge on any atom is -0.348 e. The highest BCUT2D eigenvalue weighted by Gasteiger charge is 2.30. The van der Waals surface area contributed by atoms with Crippen molar-refractivity contribution in [1.82, 2.24) is 0 Å². The van der Waals surface area contributed by atoms with Crippen LogP contribution in [0.2, 0.25) is 0 Å². The van der Waals surface area contributed by atoms with Crippen molar-refractivity contribution < 1.29 is 18.9 Å². The molecular formula is C34H34O4. The van der Waals surface area contributed by atoms with E-state index in [0.29, 0.717) is 26.4 Å². The van der Waals surface area contributed by atoms with Crippen molar-refractivity contribution in [2.75, 3.05) is 26.4 Å². The Morgan fingerprint density at radius 1 is 0.500 bits per heavy atom. The fourth-order valence-corrected chi connectivity index (χ4v) is 4.18. The van der Waals surface area contributed by atoms with E-state index in [1.54, 1.807) is 0 Å². The Balaban J connectivity index is 1.20. The number of benzene rings is 3. The fraction of sp³-hybridized carbons (Fsp3) is 0.353. The normalized spacial score (nSPS) is 19.1. The third-order valence-corrected chi connectivity index (χ3v) is 6.43. The largest absolute Gasteiger partial charge is 0.348 e. The van der Waals surface area contributed by atoms with Crippen LogP contribution < -0.4 is 0 Å². The van der Waals surface area contributed by atoms with Crippen molar-refractivity contribution in [2.45, 2.75) is 40.3 Å². The summed E-state index contributed by atoms with van der Waals surface area (Å²) in [6.45, 7) is 11.3. The molecular weight excluding hydrogens is 472 g/mol. The third kappa shape index (κ3) is 6.93. The van der Waals surface area contributed by atoms with Gasteiger partial charge in [0.1, 0.15) is 0 Å². The van der Waals surface area contributed by atoms with Gasteiger partial charge in [-0.2, -0.15) is 0 Å². The molecule has 0 bridgehead atoms. The molecule has 2 saturated heterocycles. The highest BCUT2D eigenvalue weighted by molar-refractivity contribution is 5.49. The molecule has 0 saturated carbocycles. The lowest BCUT2D eigenvalue weighted by molar-refractivity contribution is -0.226. The van der Waals surface area contributed by atoms with Crippen molar-refractivity contribution in [3.63, 3.8) is 0 Å². The van der Waals surface area contributed by atoms with Crippen LogP contribution in [0.25, 0.3) is 0 Å². The number of hydrogen-bond donors (Lipinski definition) is 0. The summed E-state index contributed by atoms with van der Waals surface area (Å²) < 4.78 is 23.5. The van der Waals surface area contributed by atoms with Crippen LogP contribution in [0, 0.1) is 34.5 Å². The van der Waals surface area contributed by atoms with Gasteiger partial charge < -0.3 is 18.9 Å². The molecule has 38 heavy (non-hydrogen) atoms. The summed E-state index contributed by atoms with van der Waals surface area (Å²) in [4.78, 5) is 0. The molecule has 0 aromatic heterocycles. The molecule has 4 heteroatoms. The van der Waals surface area contributed by atoms with Gasteiger partial charge in [0.2, 0.25) is 0 Å². The van der Waals surface area contributed by atoms with E-state index in [-0.39, 0.29) is 23.4 Å². The van der Waals surface area contributed by atoms with Gasteiger partial charge in [-0.05, 0) is 42.5 Å². The summed E-state index contributed by atoms with van der Waals surface area (Å²) in [5, 5.41) is 0. The monoisotopic (exact) mass is 506 g/mol. The Bertz CT molecular complexity index is 1250.